The minimum atomic E-state index is 0.587. The average Bonchev–Trinajstić information content (AvgIpc) is 2.05. The van der Waals surface area contributed by atoms with Crippen LogP contribution in [0.4, 0.5) is 11.4 Å². The van der Waals surface area contributed by atoms with Crippen LogP contribution in [-0.2, 0) is 0 Å². The second-order valence-corrected chi connectivity index (χ2v) is 2.33. The molecule has 1 aromatic carbocycles. The first-order chi connectivity index (χ1) is 5.77. The second kappa shape index (κ2) is 3.82. The summed E-state index contributed by atoms with van der Waals surface area (Å²) in [4.78, 5) is 0. The largest absolute Gasteiger partial charge is 0.494 e. The summed E-state index contributed by atoms with van der Waals surface area (Å²) in [6.07, 6.45) is 0. The summed E-state index contributed by atoms with van der Waals surface area (Å²) in [5, 5.41) is 0. The lowest BCUT2D eigenvalue weighted by molar-refractivity contribution is 0.340. The molecule has 4 heteroatoms. The van der Waals surface area contributed by atoms with Gasteiger partial charge in [0, 0.05) is 6.07 Å². The van der Waals surface area contributed by atoms with Gasteiger partial charge in [0.25, 0.3) is 0 Å². The lowest BCUT2D eigenvalue weighted by Crippen LogP contribution is -2.09. The summed E-state index contributed by atoms with van der Waals surface area (Å²) in [6, 6.07) is 5.33. The lowest BCUT2D eigenvalue weighted by Gasteiger charge is -2.07. The van der Waals surface area contributed by atoms with E-state index in [4.69, 9.17) is 16.3 Å². The fourth-order valence-electron chi connectivity index (χ4n) is 0.929. The van der Waals surface area contributed by atoms with Crippen LogP contribution in [0.1, 0.15) is 6.92 Å². The van der Waals surface area contributed by atoms with E-state index < -0.39 is 0 Å². The fourth-order valence-corrected chi connectivity index (χ4v) is 0.929. The summed E-state index contributed by atoms with van der Waals surface area (Å²) in [7, 11) is 0. The zero-order valence-corrected chi connectivity index (χ0v) is 7.00. The Hall–Kier alpha value is -1.42. The van der Waals surface area contributed by atoms with Crippen LogP contribution >= 0.6 is 0 Å². The number of nitrogens with two attached hydrogens (primary N) is 2. The molecule has 5 N–H and O–H groups in total. The first-order valence-electron chi connectivity index (χ1n) is 3.77. The van der Waals surface area contributed by atoms with Crippen molar-refractivity contribution in [3.63, 3.8) is 0 Å². The Balaban J connectivity index is 2.86. The third kappa shape index (κ3) is 1.79. The van der Waals surface area contributed by atoms with Crippen LogP contribution in [-0.4, -0.2) is 6.61 Å². The Morgan fingerprint density at radius 1 is 1.50 bits per heavy atom. The Bertz CT molecular complexity index is 262. The van der Waals surface area contributed by atoms with Crippen LogP contribution in [0.3, 0.4) is 0 Å². The van der Waals surface area contributed by atoms with Crippen molar-refractivity contribution in [2.24, 2.45) is 5.84 Å². The molecule has 0 radical (unpaired) electrons. The van der Waals surface area contributed by atoms with Gasteiger partial charge in [0.1, 0.15) is 5.75 Å². The molecule has 12 heavy (non-hydrogen) atoms. The molecule has 0 unspecified atom stereocenters. The highest BCUT2D eigenvalue weighted by Gasteiger charge is 1.98. The van der Waals surface area contributed by atoms with Crippen LogP contribution < -0.4 is 21.7 Å². The Labute approximate surface area is 71.5 Å². The summed E-state index contributed by atoms with van der Waals surface area (Å²) in [6.45, 7) is 2.56. The first-order valence-corrected chi connectivity index (χ1v) is 3.77. The highest BCUT2D eigenvalue weighted by molar-refractivity contribution is 5.67. The van der Waals surface area contributed by atoms with Gasteiger partial charge in [0.2, 0.25) is 0 Å². The molecule has 0 aliphatic rings. The number of anilines is 2. The zero-order valence-electron chi connectivity index (χ0n) is 7.00. The van der Waals surface area contributed by atoms with Crippen molar-refractivity contribution in [2.45, 2.75) is 6.92 Å². The third-order valence-electron chi connectivity index (χ3n) is 1.49. The predicted octanol–water partition coefficient (Wildman–Crippen LogP) is 0.953. The molecule has 0 saturated heterocycles. The Morgan fingerprint density at radius 2 is 2.25 bits per heavy atom. The van der Waals surface area contributed by atoms with E-state index in [9.17, 15) is 0 Å². The van der Waals surface area contributed by atoms with E-state index in [1.54, 1.807) is 12.1 Å². The maximum Gasteiger partial charge on any atom is 0.121 e. The summed E-state index contributed by atoms with van der Waals surface area (Å²) in [5.41, 5.74) is 9.42. The average molecular weight is 167 g/mol. The molecule has 4 nitrogen and oxygen atoms in total. The van der Waals surface area contributed by atoms with Gasteiger partial charge < -0.3 is 15.9 Å². The number of nitrogen functional groups attached to an aromatic ring is 2. The van der Waals surface area contributed by atoms with E-state index in [1.807, 2.05) is 13.0 Å². The molecule has 0 spiro atoms. The zero-order chi connectivity index (χ0) is 8.97. The number of hydrazine groups is 1. The van der Waals surface area contributed by atoms with E-state index >= 15 is 0 Å². The van der Waals surface area contributed by atoms with Gasteiger partial charge in [-0.2, -0.15) is 0 Å². The maximum atomic E-state index is 5.64. The van der Waals surface area contributed by atoms with Gasteiger partial charge in [-0.15, -0.1) is 0 Å². The number of hydrogen-bond donors (Lipinski definition) is 3. The molecular formula is C8H13N3O. The molecule has 0 saturated carbocycles. The van der Waals surface area contributed by atoms with Crippen molar-refractivity contribution in [1.29, 1.82) is 0 Å². The maximum absolute atomic E-state index is 5.64. The van der Waals surface area contributed by atoms with E-state index in [0.29, 0.717) is 18.0 Å². The van der Waals surface area contributed by atoms with E-state index in [0.717, 1.165) is 5.75 Å². The molecule has 0 atom stereocenters. The molecule has 0 bridgehead atoms. The quantitative estimate of drug-likeness (QED) is 0.356. The van der Waals surface area contributed by atoms with Gasteiger partial charge in [-0.1, -0.05) is 0 Å². The summed E-state index contributed by atoms with van der Waals surface area (Å²) >= 11 is 0. The predicted molar refractivity (Wildman–Crippen MR) is 49.8 cm³/mol. The second-order valence-electron chi connectivity index (χ2n) is 2.33. The van der Waals surface area contributed by atoms with Crippen LogP contribution in [0, 0.1) is 0 Å². The SMILES string of the molecule is CCOc1ccc(NN)c(N)c1. The van der Waals surface area contributed by atoms with Gasteiger partial charge in [-0.3, -0.25) is 5.84 Å². The summed E-state index contributed by atoms with van der Waals surface area (Å²) in [5.74, 6) is 5.96. The molecular weight excluding hydrogens is 154 g/mol. The molecule has 1 rings (SSSR count). The van der Waals surface area contributed by atoms with Crippen molar-refractivity contribution in [2.75, 3.05) is 17.8 Å². The molecule has 0 aromatic heterocycles. The van der Waals surface area contributed by atoms with Crippen molar-refractivity contribution >= 4 is 11.4 Å². The van der Waals surface area contributed by atoms with Crippen LogP contribution in [0.5, 0.6) is 5.75 Å². The first kappa shape index (κ1) is 8.67. The number of benzene rings is 1. The standard InChI is InChI=1S/C8H13N3O/c1-2-12-6-3-4-8(11-10)7(9)5-6/h3-5,11H,2,9-10H2,1H3. The van der Waals surface area contributed by atoms with Crippen LogP contribution in [0.25, 0.3) is 0 Å². The molecule has 1 aromatic rings. The van der Waals surface area contributed by atoms with Gasteiger partial charge in [-0.25, -0.2) is 0 Å². The lowest BCUT2D eigenvalue weighted by atomic mass is 10.2. The number of rotatable bonds is 3. The van der Waals surface area contributed by atoms with E-state index in [2.05, 4.69) is 5.43 Å². The van der Waals surface area contributed by atoms with Crippen molar-refractivity contribution in [3.8, 4) is 5.75 Å². The minimum absolute atomic E-state index is 0.587. The van der Waals surface area contributed by atoms with Gasteiger partial charge in [0.15, 0.2) is 0 Å². The van der Waals surface area contributed by atoms with Crippen molar-refractivity contribution < 1.29 is 4.74 Å². The van der Waals surface area contributed by atoms with Crippen LogP contribution in [0.2, 0.25) is 0 Å². The van der Waals surface area contributed by atoms with Gasteiger partial charge in [0.05, 0.1) is 18.0 Å². The molecule has 0 fully saturated rings. The van der Waals surface area contributed by atoms with Gasteiger partial charge in [-0.05, 0) is 19.1 Å². The van der Waals surface area contributed by atoms with E-state index in [1.165, 1.54) is 0 Å². The third-order valence-corrected chi connectivity index (χ3v) is 1.49. The topological polar surface area (TPSA) is 73.3 Å². The Kier molecular flexibility index (Phi) is 2.76. The van der Waals surface area contributed by atoms with E-state index in [-0.39, 0.29) is 0 Å². The fraction of sp³-hybridized carbons (Fsp3) is 0.250. The summed E-state index contributed by atoms with van der Waals surface area (Å²) < 4.78 is 5.24. The van der Waals surface area contributed by atoms with Gasteiger partial charge >= 0.3 is 0 Å². The molecule has 0 amide bonds. The number of ether oxygens (including phenoxy) is 1. The molecule has 0 heterocycles. The molecule has 0 aliphatic heterocycles. The van der Waals surface area contributed by atoms with Crippen LogP contribution in [0.15, 0.2) is 18.2 Å². The van der Waals surface area contributed by atoms with Crippen molar-refractivity contribution in [1.82, 2.24) is 0 Å². The monoisotopic (exact) mass is 167 g/mol. The molecule has 0 aliphatic carbocycles. The highest BCUT2D eigenvalue weighted by atomic mass is 16.5. The molecule has 66 valence electrons. The minimum Gasteiger partial charge on any atom is -0.494 e. The highest BCUT2D eigenvalue weighted by Crippen LogP contribution is 2.22. The smallest absolute Gasteiger partial charge is 0.121 e. The number of hydrogen-bond acceptors (Lipinski definition) is 4. The Morgan fingerprint density at radius 3 is 2.75 bits per heavy atom. The number of nitrogens with one attached hydrogen (secondary N) is 1. The van der Waals surface area contributed by atoms with Crippen molar-refractivity contribution in [3.05, 3.63) is 18.2 Å². The normalized spacial score (nSPS) is 9.50.